The van der Waals surface area contributed by atoms with Crippen LogP contribution in [0.5, 0.6) is 0 Å². The first-order valence-corrected chi connectivity index (χ1v) is 12.2. The summed E-state index contributed by atoms with van der Waals surface area (Å²) in [7, 11) is 0. The highest BCUT2D eigenvalue weighted by molar-refractivity contribution is 5.95. The number of rotatable bonds is 4. The molecule has 1 aromatic heterocycles. The second-order valence-corrected chi connectivity index (χ2v) is 9.43. The summed E-state index contributed by atoms with van der Waals surface area (Å²) in [4.78, 5) is 18.0. The molecule has 2 aromatic carbocycles. The minimum Gasteiger partial charge on any atom is -0.368 e. The number of carbonyl (C=O) groups is 1. The van der Waals surface area contributed by atoms with Crippen molar-refractivity contribution in [2.75, 3.05) is 44.2 Å². The fourth-order valence-corrected chi connectivity index (χ4v) is 5.28. The van der Waals surface area contributed by atoms with Crippen LogP contribution in [0.4, 0.5) is 10.1 Å². The van der Waals surface area contributed by atoms with Crippen LogP contribution in [0, 0.1) is 19.7 Å². The second-order valence-electron chi connectivity index (χ2n) is 9.43. The first-order chi connectivity index (χ1) is 16.5. The molecular formula is C27H33ClFN5O. The van der Waals surface area contributed by atoms with Gasteiger partial charge in [0.15, 0.2) is 0 Å². The molecular weight excluding hydrogens is 465 g/mol. The topological polar surface area (TPSA) is 53.4 Å². The van der Waals surface area contributed by atoms with Crippen LogP contribution in [-0.2, 0) is 0 Å². The smallest absolute Gasteiger partial charge is 0.257 e. The van der Waals surface area contributed by atoms with Crippen molar-refractivity contribution in [1.29, 1.82) is 0 Å². The summed E-state index contributed by atoms with van der Waals surface area (Å²) in [6.45, 7) is 9.07. The van der Waals surface area contributed by atoms with E-state index < -0.39 is 0 Å². The maximum atomic E-state index is 13.7. The normalized spacial score (nSPS) is 16.8. The van der Waals surface area contributed by atoms with E-state index in [1.165, 1.54) is 28.9 Å². The number of hydrogen-bond acceptors (Lipinski definition) is 4. The lowest BCUT2D eigenvalue weighted by atomic mass is 9.91. The average molecular weight is 498 g/mol. The molecule has 2 aliphatic heterocycles. The van der Waals surface area contributed by atoms with E-state index in [4.69, 9.17) is 0 Å². The van der Waals surface area contributed by atoms with E-state index in [0.29, 0.717) is 18.7 Å². The SMILES string of the molecule is Cc1ccc(N2CCN(C(=O)c3cnn(-c4ccc(F)cc4)c3C3CCNCC3)CC2)c(C)c1.Cl. The lowest BCUT2D eigenvalue weighted by Gasteiger charge is -2.37. The number of benzene rings is 2. The zero-order valence-electron chi connectivity index (χ0n) is 20.3. The minimum absolute atomic E-state index is 0. The molecule has 2 aliphatic rings. The Hall–Kier alpha value is -2.90. The molecule has 0 aliphatic carbocycles. The van der Waals surface area contributed by atoms with Gasteiger partial charge in [-0.3, -0.25) is 4.79 Å². The number of nitrogens with one attached hydrogen (secondary N) is 1. The highest BCUT2D eigenvalue weighted by atomic mass is 35.5. The van der Waals surface area contributed by atoms with Gasteiger partial charge in [-0.05, 0) is 75.7 Å². The minimum atomic E-state index is -0.280. The maximum absolute atomic E-state index is 13.7. The van der Waals surface area contributed by atoms with E-state index in [0.717, 1.165) is 50.4 Å². The lowest BCUT2D eigenvalue weighted by molar-refractivity contribution is 0.0744. The van der Waals surface area contributed by atoms with Crippen LogP contribution in [0.3, 0.4) is 0 Å². The molecule has 5 rings (SSSR count). The van der Waals surface area contributed by atoms with Crippen LogP contribution in [0.1, 0.15) is 45.9 Å². The average Bonchev–Trinajstić information content (AvgIpc) is 3.30. The Morgan fingerprint density at radius 1 is 1.00 bits per heavy atom. The van der Waals surface area contributed by atoms with Gasteiger partial charge >= 0.3 is 0 Å². The number of amides is 1. The molecule has 1 amide bonds. The van der Waals surface area contributed by atoms with E-state index >= 15 is 0 Å². The van der Waals surface area contributed by atoms with Gasteiger partial charge in [-0.15, -0.1) is 12.4 Å². The third-order valence-corrected chi connectivity index (χ3v) is 7.09. The molecule has 0 saturated carbocycles. The molecule has 6 nitrogen and oxygen atoms in total. The van der Waals surface area contributed by atoms with E-state index in [1.807, 2.05) is 9.58 Å². The molecule has 35 heavy (non-hydrogen) atoms. The molecule has 2 saturated heterocycles. The van der Waals surface area contributed by atoms with Gasteiger partial charge in [-0.2, -0.15) is 5.10 Å². The van der Waals surface area contributed by atoms with Crippen LogP contribution < -0.4 is 10.2 Å². The molecule has 0 radical (unpaired) electrons. The number of anilines is 1. The van der Waals surface area contributed by atoms with Gasteiger partial charge < -0.3 is 15.1 Å². The number of piperazine rings is 1. The van der Waals surface area contributed by atoms with Gasteiger partial charge in [0.1, 0.15) is 5.82 Å². The van der Waals surface area contributed by atoms with Gasteiger partial charge in [0.25, 0.3) is 5.91 Å². The van der Waals surface area contributed by atoms with Crippen LogP contribution >= 0.6 is 12.4 Å². The number of halogens is 2. The lowest BCUT2D eigenvalue weighted by Crippen LogP contribution is -2.49. The maximum Gasteiger partial charge on any atom is 0.257 e. The zero-order chi connectivity index (χ0) is 23.7. The van der Waals surface area contributed by atoms with Gasteiger partial charge in [-0.25, -0.2) is 9.07 Å². The van der Waals surface area contributed by atoms with E-state index in [1.54, 1.807) is 18.3 Å². The molecule has 0 atom stereocenters. The summed E-state index contributed by atoms with van der Waals surface area (Å²) < 4.78 is 15.4. The van der Waals surface area contributed by atoms with Crippen molar-refractivity contribution in [3.05, 3.63) is 76.9 Å². The second kappa shape index (κ2) is 10.8. The number of aromatic nitrogens is 2. The summed E-state index contributed by atoms with van der Waals surface area (Å²) in [5.41, 5.74) is 6.20. The third-order valence-electron chi connectivity index (χ3n) is 7.09. The Balaban J connectivity index is 0.00000289. The predicted molar refractivity (Wildman–Crippen MR) is 140 cm³/mol. The van der Waals surface area contributed by atoms with Crippen LogP contribution in [-0.4, -0.2) is 59.9 Å². The van der Waals surface area contributed by atoms with E-state index in [-0.39, 0.29) is 30.0 Å². The van der Waals surface area contributed by atoms with Gasteiger partial charge in [0.2, 0.25) is 0 Å². The Kier molecular flexibility index (Phi) is 7.77. The summed E-state index contributed by atoms with van der Waals surface area (Å²) in [6.07, 6.45) is 3.61. The van der Waals surface area contributed by atoms with E-state index in [9.17, 15) is 9.18 Å². The van der Waals surface area contributed by atoms with E-state index in [2.05, 4.69) is 47.4 Å². The summed E-state index contributed by atoms with van der Waals surface area (Å²) in [5.74, 6) is 0.00345. The molecule has 186 valence electrons. The number of piperidine rings is 1. The number of aryl methyl sites for hydroxylation is 2. The molecule has 2 fully saturated rings. The van der Waals surface area contributed by atoms with Crippen molar-refractivity contribution >= 4 is 24.0 Å². The molecule has 3 aromatic rings. The standard InChI is InChI=1S/C27H32FN5O.ClH/c1-19-3-8-25(20(2)17-19)31-13-15-32(16-14-31)27(34)24-18-30-33(23-6-4-22(28)5-7-23)26(24)21-9-11-29-12-10-21;/h3-8,17-18,21,29H,9-16H2,1-2H3;1H. The third kappa shape index (κ3) is 5.21. The van der Waals surface area contributed by atoms with Crippen molar-refractivity contribution in [2.45, 2.75) is 32.6 Å². The van der Waals surface area contributed by atoms with Crippen molar-refractivity contribution in [3.63, 3.8) is 0 Å². The summed E-state index contributed by atoms with van der Waals surface area (Å²) in [5, 5.41) is 8.01. The largest absolute Gasteiger partial charge is 0.368 e. The summed E-state index contributed by atoms with van der Waals surface area (Å²) in [6, 6.07) is 12.9. The fraction of sp³-hybridized carbons (Fsp3) is 0.407. The molecule has 1 N–H and O–H groups in total. The predicted octanol–water partition coefficient (Wildman–Crippen LogP) is 4.48. The van der Waals surface area contributed by atoms with Crippen LogP contribution in [0.25, 0.3) is 5.69 Å². The number of nitrogens with zero attached hydrogens (tertiary/aromatic N) is 4. The van der Waals surface area contributed by atoms with Crippen molar-refractivity contribution in [1.82, 2.24) is 20.0 Å². The monoisotopic (exact) mass is 497 g/mol. The summed E-state index contributed by atoms with van der Waals surface area (Å²) >= 11 is 0. The first kappa shape index (κ1) is 25.2. The number of carbonyl (C=O) groups excluding carboxylic acids is 1. The van der Waals surface area contributed by atoms with Gasteiger partial charge in [-0.1, -0.05) is 17.7 Å². The Bertz CT molecular complexity index is 1160. The number of hydrogen-bond donors (Lipinski definition) is 1. The van der Waals surface area contributed by atoms with Gasteiger partial charge in [0, 0.05) is 37.8 Å². The van der Waals surface area contributed by atoms with Crippen molar-refractivity contribution in [3.8, 4) is 5.69 Å². The highest BCUT2D eigenvalue weighted by Crippen LogP contribution is 2.31. The molecule has 8 heteroatoms. The Morgan fingerprint density at radius 2 is 1.69 bits per heavy atom. The Labute approximate surface area is 212 Å². The van der Waals surface area contributed by atoms with Crippen molar-refractivity contribution < 1.29 is 9.18 Å². The zero-order valence-corrected chi connectivity index (χ0v) is 21.2. The van der Waals surface area contributed by atoms with Crippen LogP contribution in [0.2, 0.25) is 0 Å². The quantitative estimate of drug-likeness (QED) is 0.577. The Morgan fingerprint density at radius 3 is 2.34 bits per heavy atom. The van der Waals surface area contributed by atoms with Crippen LogP contribution in [0.15, 0.2) is 48.7 Å². The fourth-order valence-electron chi connectivity index (χ4n) is 5.28. The van der Waals surface area contributed by atoms with Gasteiger partial charge in [0.05, 0.1) is 23.1 Å². The molecule has 3 heterocycles. The molecule has 0 unspecified atom stereocenters. The van der Waals surface area contributed by atoms with Crippen molar-refractivity contribution in [2.24, 2.45) is 0 Å². The highest BCUT2D eigenvalue weighted by Gasteiger charge is 2.31. The molecule has 0 spiro atoms. The molecule has 0 bridgehead atoms. The first-order valence-electron chi connectivity index (χ1n) is 12.2.